The van der Waals surface area contributed by atoms with Crippen LogP contribution in [0.4, 0.5) is 11.6 Å². The second-order valence-corrected chi connectivity index (χ2v) is 7.02. The molecule has 0 fully saturated rings. The summed E-state index contributed by atoms with van der Waals surface area (Å²) < 4.78 is 11.3. The highest BCUT2D eigenvalue weighted by Crippen LogP contribution is 2.43. The number of benzene rings is 2. The fourth-order valence-electron chi connectivity index (χ4n) is 3.69. The van der Waals surface area contributed by atoms with Gasteiger partial charge in [0.2, 0.25) is 0 Å². The summed E-state index contributed by atoms with van der Waals surface area (Å²) in [6.45, 7) is 3.71. The Hall–Kier alpha value is -4.07. The van der Waals surface area contributed by atoms with Gasteiger partial charge >= 0.3 is 11.7 Å². The summed E-state index contributed by atoms with van der Waals surface area (Å²) in [5.41, 5.74) is 7.79. The van der Waals surface area contributed by atoms with Crippen LogP contribution in [-0.2, 0) is 9.53 Å². The maximum atomic E-state index is 12.9. The number of H-pyrrole nitrogens is 1. The van der Waals surface area contributed by atoms with Gasteiger partial charge in [-0.05, 0) is 43.7 Å². The Bertz CT molecular complexity index is 1220. The highest BCUT2D eigenvalue weighted by atomic mass is 16.5. The van der Waals surface area contributed by atoms with E-state index in [0.717, 1.165) is 5.56 Å². The van der Waals surface area contributed by atoms with Crippen molar-refractivity contribution in [1.29, 1.82) is 0 Å². The lowest BCUT2D eigenvalue weighted by Gasteiger charge is -2.30. The molecule has 0 radical (unpaired) electrons. The molecule has 31 heavy (non-hydrogen) atoms. The fourth-order valence-corrected chi connectivity index (χ4v) is 3.69. The van der Waals surface area contributed by atoms with Crippen LogP contribution in [0.25, 0.3) is 0 Å². The van der Waals surface area contributed by atoms with Crippen LogP contribution in [0.1, 0.15) is 30.9 Å². The molecule has 1 aliphatic rings. The number of hydrogen-bond acceptors (Lipinski definition) is 7. The molecule has 1 aliphatic heterocycles. The Kier molecular flexibility index (Phi) is 5.44. The number of rotatable bonds is 5. The molecule has 0 aliphatic carbocycles. The van der Waals surface area contributed by atoms with Gasteiger partial charge in [0.15, 0.2) is 0 Å². The molecule has 2 heterocycles. The zero-order valence-corrected chi connectivity index (χ0v) is 17.1. The second kappa shape index (κ2) is 8.35. The lowest BCUT2D eigenvalue weighted by molar-refractivity contribution is -0.138. The number of nitrogens with two attached hydrogens (primary N) is 1. The van der Waals surface area contributed by atoms with E-state index in [1.54, 1.807) is 13.8 Å². The molecule has 0 saturated carbocycles. The molecule has 3 aromatic rings. The van der Waals surface area contributed by atoms with Gasteiger partial charge in [0, 0.05) is 11.3 Å². The number of nitrogens with zero attached hydrogens (tertiary/aromatic N) is 1. The fraction of sp³-hybridized carbons (Fsp3) is 0.174. The van der Waals surface area contributed by atoms with E-state index in [0.29, 0.717) is 34.2 Å². The number of aromatic nitrogens is 2. The average molecular weight is 418 g/mol. The zero-order valence-electron chi connectivity index (χ0n) is 17.1. The lowest BCUT2D eigenvalue weighted by atomic mass is 9.82. The minimum atomic E-state index is -0.598. The van der Waals surface area contributed by atoms with E-state index < -0.39 is 17.6 Å². The predicted octanol–water partition coefficient (Wildman–Crippen LogP) is 3.54. The van der Waals surface area contributed by atoms with Crippen molar-refractivity contribution in [2.24, 2.45) is 0 Å². The average Bonchev–Trinajstić information content (AvgIpc) is 2.73. The number of esters is 1. The number of carbonyl (C=O) groups is 1. The Morgan fingerprint density at radius 2 is 1.87 bits per heavy atom. The Morgan fingerprint density at radius 1 is 1.13 bits per heavy atom. The number of allylic oxidation sites excluding steroid dienone is 1. The van der Waals surface area contributed by atoms with Gasteiger partial charge < -0.3 is 20.5 Å². The molecule has 158 valence electrons. The smallest absolute Gasteiger partial charge is 0.348 e. The molecule has 2 aromatic carbocycles. The lowest BCUT2D eigenvalue weighted by Crippen LogP contribution is -2.29. The number of carbonyl (C=O) groups excluding carboxylic acids is 1. The molecule has 4 rings (SSSR count). The molecule has 0 saturated heterocycles. The van der Waals surface area contributed by atoms with Gasteiger partial charge in [-0.3, -0.25) is 4.98 Å². The maximum absolute atomic E-state index is 12.9. The van der Waals surface area contributed by atoms with E-state index in [1.807, 2.05) is 54.6 Å². The van der Waals surface area contributed by atoms with Crippen LogP contribution in [0.2, 0.25) is 0 Å². The molecule has 0 bridgehead atoms. The number of anilines is 2. The van der Waals surface area contributed by atoms with Crippen LogP contribution < -0.4 is 21.5 Å². The molecule has 8 nitrogen and oxygen atoms in total. The Labute approximate surface area is 178 Å². The van der Waals surface area contributed by atoms with Crippen molar-refractivity contribution < 1.29 is 14.3 Å². The standard InChI is InChI=1S/C23H22N4O4/c1-3-30-22(28)17-13(2)25-21-19(20(24)26-23(29)27-21)18(17)14-8-7-11-16(12-14)31-15-9-5-4-6-10-15/h4-12,18H,3H2,1-2H3,(H4,24,25,26,27,29). The number of ether oxygens (including phenoxy) is 2. The van der Waals surface area contributed by atoms with E-state index in [1.165, 1.54) is 0 Å². The van der Waals surface area contributed by atoms with Crippen LogP contribution in [0, 0.1) is 0 Å². The van der Waals surface area contributed by atoms with Crippen LogP contribution >= 0.6 is 0 Å². The Morgan fingerprint density at radius 3 is 2.61 bits per heavy atom. The molecule has 0 amide bonds. The van der Waals surface area contributed by atoms with Crippen LogP contribution in [0.5, 0.6) is 11.5 Å². The number of nitrogens with one attached hydrogen (secondary N) is 2. The van der Waals surface area contributed by atoms with Gasteiger partial charge in [0.1, 0.15) is 23.1 Å². The molecule has 1 atom stereocenters. The third kappa shape index (κ3) is 4.00. The van der Waals surface area contributed by atoms with E-state index in [-0.39, 0.29) is 12.4 Å². The highest BCUT2D eigenvalue weighted by molar-refractivity contribution is 5.95. The first-order chi connectivity index (χ1) is 15.0. The van der Waals surface area contributed by atoms with E-state index in [9.17, 15) is 9.59 Å². The highest BCUT2D eigenvalue weighted by Gasteiger charge is 2.36. The number of nitrogen functional groups attached to an aromatic ring is 1. The first kappa shape index (κ1) is 20.2. The van der Waals surface area contributed by atoms with Crippen molar-refractivity contribution in [2.75, 3.05) is 17.7 Å². The van der Waals surface area contributed by atoms with Crippen molar-refractivity contribution in [1.82, 2.24) is 9.97 Å². The van der Waals surface area contributed by atoms with Crippen molar-refractivity contribution in [2.45, 2.75) is 19.8 Å². The van der Waals surface area contributed by atoms with Gasteiger partial charge in [-0.2, -0.15) is 4.98 Å². The van der Waals surface area contributed by atoms with E-state index in [4.69, 9.17) is 15.2 Å². The number of para-hydroxylation sites is 1. The molecular weight excluding hydrogens is 396 g/mol. The largest absolute Gasteiger partial charge is 0.463 e. The third-order valence-corrected chi connectivity index (χ3v) is 4.95. The molecule has 0 spiro atoms. The summed E-state index contributed by atoms with van der Waals surface area (Å²) in [4.78, 5) is 31.3. The van der Waals surface area contributed by atoms with Gasteiger partial charge in [-0.15, -0.1) is 0 Å². The monoisotopic (exact) mass is 418 g/mol. The molecule has 1 unspecified atom stereocenters. The normalized spacial score (nSPS) is 15.1. The Balaban J connectivity index is 1.85. The molecule has 4 N–H and O–H groups in total. The summed E-state index contributed by atoms with van der Waals surface area (Å²) in [6, 6.07) is 16.8. The summed E-state index contributed by atoms with van der Waals surface area (Å²) in [7, 11) is 0. The predicted molar refractivity (Wildman–Crippen MR) is 117 cm³/mol. The van der Waals surface area contributed by atoms with Gasteiger partial charge in [-0.25, -0.2) is 9.59 Å². The quantitative estimate of drug-likeness (QED) is 0.542. The summed E-state index contributed by atoms with van der Waals surface area (Å²) in [6.07, 6.45) is 0. The number of hydrogen-bond donors (Lipinski definition) is 3. The second-order valence-electron chi connectivity index (χ2n) is 7.02. The summed E-state index contributed by atoms with van der Waals surface area (Å²) >= 11 is 0. The van der Waals surface area contributed by atoms with E-state index in [2.05, 4.69) is 15.3 Å². The first-order valence-electron chi connectivity index (χ1n) is 9.85. The topological polar surface area (TPSA) is 119 Å². The first-order valence-corrected chi connectivity index (χ1v) is 9.85. The van der Waals surface area contributed by atoms with Crippen LogP contribution in [0.15, 0.2) is 70.7 Å². The van der Waals surface area contributed by atoms with Crippen molar-refractivity contribution in [3.8, 4) is 11.5 Å². The SMILES string of the molecule is CCOC(=O)C1=C(C)Nc2nc(=O)[nH]c(N)c2C1c1cccc(Oc2ccccc2)c1. The summed E-state index contributed by atoms with van der Waals surface area (Å²) in [5.74, 6) is 0.665. The number of aromatic amines is 1. The van der Waals surface area contributed by atoms with Gasteiger partial charge in [0.05, 0.1) is 18.1 Å². The molecular formula is C23H22N4O4. The molecule has 8 heteroatoms. The molecule has 1 aromatic heterocycles. The van der Waals surface area contributed by atoms with Crippen LogP contribution in [0.3, 0.4) is 0 Å². The minimum absolute atomic E-state index is 0.135. The third-order valence-electron chi connectivity index (χ3n) is 4.95. The maximum Gasteiger partial charge on any atom is 0.348 e. The van der Waals surface area contributed by atoms with Crippen LogP contribution in [-0.4, -0.2) is 22.5 Å². The van der Waals surface area contributed by atoms with Crippen molar-refractivity contribution >= 4 is 17.6 Å². The zero-order chi connectivity index (χ0) is 22.0. The number of fused-ring (bicyclic) bond motifs is 1. The van der Waals surface area contributed by atoms with Crippen molar-refractivity contribution in [3.05, 3.63) is 87.5 Å². The van der Waals surface area contributed by atoms with Crippen molar-refractivity contribution in [3.63, 3.8) is 0 Å². The van der Waals surface area contributed by atoms with Gasteiger partial charge in [0.25, 0.3) is 0 Å². The van der Waals surface area contributed by atoms with Gasteiger partial charge in [-0.1, -0.05) is 30.3 Å². The minimum Gasteiger partial charge on any atom is -0.463 e. The summed E-state index contributed by atoms with van der Waals surface area (Å²) in [5, 5.41) is 3.02. The van der Waals surface area contributed by atoms with E-state index >= 15 is 0 Å².